The Labute approximate surface area is 96.5 Å². The highest BCUT2D eigenvalue weighted by Gasteiger charge is 2.33. The molecule has 0 saturated heterocycles. The summed E-state index contributed by atoms with van der Waals surface area (Å²) < 4.78 is 36.9. The molecule has 9 heteroatoms. The van der Waals surface area contributed by atoms with E-state index in [1.165, 1.54) is 5.38 Å². The number of hydrogen-bond acceptors (Lipinski definition) is 4. The fourth-order valence-electron chi connectivity index (χ4n) is 1.08. The molecular weight excluding hydrogens is 257 g/mol. The van der Waals surface area contributed by atoms with Crippen molar-refractivity contribution < 1.29 is 18.0 Å². The molecule has 2 aromatic heterocycles. The van der Waals surface area contributed by atoms with Crippen molar-refractivity contribution in [3.8, 4) is 10.7 Å². The van der Waals surface area contributed by atoms with E-state index in [1.54, 1.807) is 0 Å². The van der Waals surface area contributed by atoms with E-state index < -0.39 is 17.8 Å². The number of thiazole rings is 1. The number of aromatic nitrogens is 3. The molecule has 0 aromatic carbocycles. The summed E-state index contributed by atoms with van der Waals surface area (Å²) in [5.41, 5.74) is 4.03. The topological polar surface area (TPSA) is 84.7 Å². The number of carbonyl (C=O) groups is 1. The van der Waals surface area contributed by atoms with Crippen LogP contribution in [-0.4, -0.2) is 21.1 Å². The Hall–Kier alpha value is -1.90. The van der Waals surface area contributed by atoms with Crippen LogP contribution in [0.15, 0.2) is 11.4 Å². The predicted molar refractivity (Wildman–Crippen MR) is 53.2 cm³/mol. The van der Waals surface area contributed by atoms with E-state index in [-0.39, 0.29) is 16.4 Å². The normalized spacial score (nSPS) is 11.7. The maximum absolute atomic E-state index is 12.3. The second-order valence-electron chi connectivity index (χ2n) is 3.07. The minimum Gasteiger partial charge on any atom is -0.364 e. The molecule has 3 N–H and O–H groups in total. The summed E-state index contributed by atoms with van der Waals surface area (Å²) >= 11 is 0.993. The van der Waals surface area contributed by atoms with Gasteiger partial charge in [0.1, 0.15) is 22.1 Å². The molecule has 0 aliphatic carbocycles. The quantitative estimate of drug-likeness (QED) is 0.863. The van der Waals surface area contributed by atoms with E-state index in [1.807, 2.05) is 5.10 Å². The number of rotatable bonds is 2. The molecule has 0 spiro atoms. The van der Waals surface area contributed by atoms with Crippen molar-refractivity contribution in [1.29, 1.82) is 0 Å². The Morgan fingerprint density at radius 3 is 2.65 bits per heavy atom. The lowest BCUT2D eigenvalue weighted by atomic mass is 10.3. The molecular formula is C8H5F3N4OS. The van der Waals surface area contributed by atoms with Crippen LogP contribution in [0, 0.1) is 0 Å². The van der Waals surface area contributed by atoms with Gasteiger partial charge in [-0.1, -0.05) is 0 Å². The van der Waals surface area contributed by atoms with Crippen LogP contribution in [0.2, 0.25) is 0 Å². The first-order valence-corrected chi connectivity index (χ1v) is 5.14. The standard InChI is InChI=1S/C8H5F3N4OS/c9-8(10,11)5-1-3(14-15-5)7-13-4(2-17-7)6(12)16/h1-2H,(H2,12,16)(H,14,15). The highest BCUT2D eigenvalue weighted by molar-refractivity contribution is 7.13. The van der Waals surface area contributed by atoms with Crippen molar-refractivity contribution >= 4 is 17.2 Å². The summed E-state index contributed by atoms with van der Waals surface area (Å²) in [5, 5.41) is 6.89. The van der Waals surface area contributed by atoms with E-state index in [2.05, 4.69) is 10.1 Å². The van der Waals surface area contributed by atoms with E-state index >= 15 is 0 Å². The van der Waals surface area contributed by atoms with Crippen molar-refractivity contribution in [2.24, 2.45) is 5.73 Å². The van der Waals surface area contributed by atoms with E-state index in [9.17, 15) is 18.0 Å². The number of nitrogens with zero attached hydrogens (tertiary/aromatic N) is 2. The first kappa shape index (κ1) is 11.6. The smallest absolute Gasteiger partial charge is 0.364 e. The van der Waals surface area contributed by atoms with Gasteiger partial charge in [-0.05, 0) is 6.07 Å². The lowest BCUT2D eigenvalue weighted by Crippen LogP contribution is -2.10. The summed E-state index contributed by atoms with van der Waals surface area (Å²) in [4.78, 5) is 14.5. The largest absolute Gasteiger partial charge is 0.432 e. The molecule has 0 unspecified atom stereocenters. The molecule has 0 aliphatic heterocycles. The number of aromatic amines is 1. The first-order chi connectivity index (χ1) is 7.88. The van der Waals surface area contributed by atoms with Crippen LogP contribution in [0.25, 0.3) is 10.7 Å². The molecule has 0 aliphatic rings. The molecule has 2 heterocycles. The Bertz CT molecular complexity index is 559. The van der Waals surface area contributed by atoms with E-state index in [0.29, 0.717) is 0 Å². The fourth-order valence-corrected chi connectivity index (χ4v) is 1.85. The van der Waals surface area contributed by atoms with E-state index in [4.69, 9.17) is 5.73 Å². The summed E-state index contributed by atoms with van der Waals surface area (Å²) in [6.07, 6.45) is -4.49. The van der Waals surface area contributed by atoms with Crippen LogP contribution in [0.3, 0.4) is 0 Å². The third-order valence-electron chi connectivity index (χ3n) is 1.86. The van der Waals surface area contributed by atoms with Gasteiger partial charge in [0.05, 0.1) is 0 Å². The van der Waals surface area contributed by atoms with Gasteiger partial charge in [-0.25, -0.2) is 4.98 Å². The van der Waals surface area contributed by atoms with Crippen LogP contribution in [0.5, 0.6) is 0 Å². The Morgan fingerprint density at radius 1 is 1.47 bits per heavy atom. The summed E-state index contributed by atoms with van der Waals surface area (Å²) in [6.45, 7) is 0. The van der Waals surface area contributed by atoms with Crippen LogP contribution < -0.4 is 5.73 Å². The van der Waals surface area contributed by atoms with Gasteiger partial charge in [0.15, 0.2) is 0 Å². The molecule has 90 valence electrons. The number of H-pyrrole nitrogens is 1. The summed E-state index contributed by atoms with van der Waals surface area (Å²) in [6, 6.07) is 0.823. The number of primary amides is 1. The Kier molecular flexibility index (Phi) is 2.62. The molecule has 5 nitrogen and oxygen atoms in total. The molecule has 0 radical (unpaired) electrons. The number of carbonyl (C=O) groups excluding carboxylic acids is 1. The van der Waals surface area contributed by atoms with Gasteiger partial charge in [0, 0.05) is 5.38 Å². The van der Waals surface area contributed by atoms with Crippen LogP contribution in [0.4, 0.5) is 13.2 Å². The summed E-state index contributed by atoms with van der Waals surface area (Å²) in [5.74, 6) is -0.737. The average Bonchev–Trinajstić information content (AvgIpc) is 2.85. The third-order valence-corrected chi connectivity index (χ3v) is 2.72. The SMILES string of the molecule is NC(=O)c1csc(-c2cc(C(F)(F)F)[nH]n2)n1. The van der Waals surface area contributed by atoms with Crippen molar-refractivity contribution in [3.05, 3.63) is 22.8 Å². The number of alkyl halides is 3. The zero-order chi connectivity index (χ0) is 12.6. The minimum atomic E-state index is -4.49. The Morgan fingerprint density at radius 2 is 2.18 bits per heavy atom. The zero-order valence-corrected chi connectivity index (χ0v) is 8.89. The molecule has 0 saturated carbocycles. The Balaban J connectivity index is 2.34. The molecule has 0 atom stereocenters. The zero-order valence-electron chi connectivity index (χ0n) is 8.08. The number of hydrogen-bond donors (Lipinski definition) is 2. The minimum absolute atomic E-state index is 0.00144. The van der Waals surface area contributed by atoms with Crippen LogP contribution in [-0.2, 0) is 6.18 Å². The van der Waals surface area contributed by atoms with Gasteiger partial charge in [-0.2, -0.15) is 18.3 Å². The average molecular weight is 262 g/mol. The maximum Gasteiger partial charge on any atom is 0.432 e. The molecule has 2 aromatic rings. The number of nitrogens with one attached hydrogen (secondary N) is 1. The second kappa shape index (κ2) is 3.84. The molecule has 0 fully saturated rings. The number of halogens is 3. The van der Waals surface area contributed by atoms with Gasteiger partial charge in [0.25, 0.3) is 5.91 Å². The molecule has 17 heavy (non-hydrogen) atoms. The van der Waals surface area contributed by atoms with Gasteiger partial charge >= 0.3 is 6.18 Å². The van der Waals surface area contributed by atoms with Crippen molar-refractivity contribution in [2.45, 2.75) is 6.18 Å². The predicted octanol–water partition coefficient (Wildman–Crippen LogP) is 1.65. The molecule has 2 rings (SSSR count). The highest BCUT2D eigenvalue weighted by atomic mass is 32.1. The van der Waals surface area contributed by atoms with Gasteiger partial charge in [0.2, 0.25) is 0 Å². The maximum atomic E-state index is 12.3. The molecule has 0 bridgehead atoms. The van der Waals surface area contributed by atoms with Crippen LogP contribution in [0.1, 0.15) is 16.2 Å². The van der Waals surface area contributed by atoms with Gasteiger partial charge in [-0.15, -0.1) is 11.3 Å². The fraction of sp³-hybridized carbons (Fsp3) is 0.125. The van der Waals surface area contributed by atoms with Gasteiger partial charge in [-0.3, -0.25) is 9.89 Å². The van der Waals surface area contributed by atoms with Crippen molar-refractivity contribution in [2.75, 3.05) is 0 Å². The van der Waals surface area contributed by atoms with Crippen LogP contribution >= 0.6 is 11.3 Å². The third kappa shape index (κ3) is 2.28. The molecule has 1 amide bonds. The number of nitrogens with two attached hydrogens (primary N) is 1. The first-order valence-electron chi connectivity index (χ1n) is 4.26. The van der Waals surface area contributed by atoms with Crippen molar-refractivity contribution in [3.63, 3.8) is 0 Å². The highest BCUT2D eigenvalue weighted by Crippen LogP contribution is 2.31. The second-order valence-corrected chi connectivity index (χ2v) is 3.92. The van der Waals surface area contributed by atoms with E-state index in [0.717, 1.165) is 17.4 Å². The lowest BCUT2D eigenvalue weighted by Gasteiger charge is -1.99. The summed E-state index contributed by atoms with van der Waals surface area (Å²) in [7, 11) is 0. The van der Waals surface area contributed by atoms with Crippen molar-refractivity contribution in [1.82, 2.24) is 15.2 Å². The number of amides is 1. The lowest BCUT2D eigenvalue weighted by molar-refractivity contribution is -0.141. The van der Waals surface area contributed by atoms with Gasteiger partial charge < -0.3 is 5.73 Å². The monoisotopic (exact) mass is 262 g/mol.